The predicted molar refractivity (Wildman–Crippen MR) is 65.2 cm³/mol. The van der Waals surface area contributed by atoms with Crippen LogP contribution in [0.25, 0.3) is 11.4 Å². The number of rotatable bonds is 1. The molecule has 0 unspecified atom stereocenters. The summed E-state index contributed by atoms with van der Waals surface area (Å²) in [5.74, 6) is 0. The van der Waals surface area contributed by atoms with Gasteiger partial charge in [0.15, 0.2) is 0 Å². The molecule has 10 heteroatoms. The molecule has 0 saturated carbocycles. The van der Waals surface area contributed by atoms with E-state index >= 15 is 0 Å². The summed E-state index contributed by atoms with van der Waals surface area (Å²) in [6, 6.07) is 11.6. The van der Waals surface area contributed by atoms with Gasteiger partial charge in [0.05, 0.1) is 11.4 Å². The van der Waals surface area contributed by atoms with Crippen molar-refractivity contribution in [3.05, 3.63) is 48.8 Å². The quantitative estimate of drug-likeness (QED) is 0.368. The molecule has 0 aliphatic heterocycles. The average Bonchev–Trinajstić information content (AvgIpc) is 2.29. The van der Waals surface area contributed by atoms with Crippen LogP contribution in [0.5, 0.6) is 0 Å². The minimum absolute atomic E-state index is 0. The maximum Gasteiger partial charge on any atom is 2.00 e. The molecule has 0 atom stereocenters. The molecule has 2 aromatic rings. The van der Waals surface area contributed by atoms with Crippen LogP contribution in [0, 0.1) is 0 Å². The van der Waals surface area contributed by atoms with Crippen LogP contribution in [-0.4, -0.2) is 38.4 Å². The van der Waals surface area contributed by atoms with E-state index in [1.165, 1.54) is 0 Å². The number of hydrogen-bond acceptors (Lipinski definition) is 6. The topological polar surface area (TPSA) is 169 Å². The van der Waals surface area contributed by atoms with E-state index in [1.807, 2.05) is 36.4 Å². The van der Waals surface area contributed by atoms with Crippen molar-refractivity contribution in [2.75, 3.05) is 0 Å². The fraction of sp³-hybridized carbons (Fsp3) is 0. The summed E-state index contributed by atoms with van der Waals surface area (Å²) < 4.78 is 34.1. The van der Waals surface area contributed by atoms with Crippen molar-refractivity contribution in [1.29, 1.82) is 0 Å². The van der Waals surface area contributed by atoms with Gasteiger partial charge in [-0.15, -0.1) is 0 Å². The van der Waals surface area contributed by atoms with E-state index in [0.29, 0.717) is 0 Å². The summed E-state index contributed by atoms with van der Waals surface area (Å²) in [4.78, 5) is 8.37. The second-order valence-electron chi connectivity index (χ2n) is 2.84. The normalized spacial score (nSPS) is 8.70. The number of nitrogens with zero attached hydrogens (tertiary/aromatic N) is 2. The largest absolute Gasteiger partial charge is 2.00 e. The monoisotopic (exact) mass is 351 g/mol. The van der Waals surface area contributed by atoms with Gasteiger partial charge in [0.2, 0.25) is 0 Å². The van der Waals surface area contributed by atoms with Gasteiger partial charge in [-0.3, -0.25) is 18.4 Å². The van der Waals surface area contributed by atoms with E-state index in [0.717, 1.165) is 11.4 Å². The molecule has 0 bridgehead atoms. The van der Waals surface area contributed by atoms with Crippen LogP contribution >= 0.6 is 0 Å². The van der Waals surface area contributed by atoms with Crippen molar-refractivity contribution in [3.63, 3.8) is 0 Å². The number of pyridine rings is 2. The molecule has 0 amide bonds. The van der Waals surface area contributed by atoms with Crippen molar-refractivity contribution < 1.29 is 45.5 Å². The summed E-state index contributed by atoms with van der Waals surface area (Å²) in [7, 11) is -5.17. The Morgan fingerprint density at radius 3 is 1.30 bits per heavy atom. The van der Waals surface area contributed by atoms with Crippen LogP contribution in [0.2, 0.25) is 0 Å². The first-order chi connectivity index (χ1) is 7.97. The SMILES string of the molecule is O.O.O=S(=O)([O-])[O-].[Cu+2].c1ccc(-c2ccccn2)nc1. The maximum absolute atomic E-state index is 8.52. The number of hydrogen-bond donors (Lipinski definition) is 0. The molecule has 4 N–H and O–H groups in total. The third-order valence-electron chi connectivity index (χ3n) is 1.59. The van der Waals surface area contributed by atoms with E-state index in [-0.39, 0.29) is 28.0 Å². The first kappa shape index (κ1) is 23.7. The van der Waals surface area contributed by atoms with Crippen LogP contribution in [0.3, 0.4) is 0 Å². The summed E-state index contributed by atoms with van der Waals surface area (Å²) in [5.41, 5.74) is 1.83. The zero-order valence-electron chi connectivity index (χ0n) is 9.86. The molecule has 115 valence electrons. The molecule has 20 heavy (non-hydrogen) atoms. The van der Waals surface area contributed by atoms with Crippen molar-refractivity contribution in [2.45, 2.75) is 0 Å². The Labute approximate surface area is 126 Å². The van der Waals surface area contributed by atoms with Gasteiger partial charge >= 0.3 is 17.1 Å². The van der Waals surface area contributed by atoms with E-state index in [1.54, 1.807) is 12.4 Å². The molecule has 0 saturated heterocycles. The van der Waals surface area contributed by atoms with E-state index in [9.17, 15) is 0 Å². The average molecular weight is 352 g/mol. The third-order valence-corrected chi connectivity index (χ3v) is 1.59. The van der Waals surface area contributed by atoms with Gasteiger partial charge in [-0.2, -0.15) is 0 Å². The molecule has 0 aliphatic rings. The van der Waals surface area contributed by atoms with E-state index in [2.05, 4.69) is 9.97 Å². The smallest absolute Gasteiger partial charge is 0.759 e. The third kappa shape index (κ3) is 11.7. The molecule has 0 aliphatic carbocycles. The Balaban J connectivity index is -0.000000322. The van der Waals surface area contributed by atoms with E-state index in [4.69, 9.17) is 17.5 Å². The standard InChI is InChI=1S/C10H8N2.Cu.H2O4S.2H2O/c1-3-7-11-9(5-1)10-6-2-4-8-12-10;;1-5(2,3)4;;/h1-8H;;(H2,1,2,3,4);2*1H2/q;+2;;;/p-2. The first-order valence-electron chi connectivity index (χ1n) is 4.46. The van der Waals surface area contributed by atoms with Crippen molar-refractivity contribution in [3.8, 4) is 11.4 Å². The maximum atomic E-state index is 8.52. The fourth-order valence-electron chi connectivity index (χ4n) is 1.03. The van der Waals surface area contributed by atoms with Gasteiger partial charge in [0, 0.05) is 22.8 Å². The van der Waals surface area contributed by atoms with Crippen molar-refractivity contribution >= 4 is 10.4 Å². The summed E-state index contributed by atoms with van der Waals surface area (Å²) in [6.07, 6.45) is 3.54. The summed E-state index contributed by atoms with van der Waals surface area (Å²) in [6.45, 7) is 0. The molecule has 0 fully saturated rings. The van der Waals surface area contributed by atoms with Crippen LogP contribution in [0.15, 0.2) is 48.8 Å². The van der Waals surface area contributed by atoms with Crippen LogP contribution in [0.4, 0.5) is 0 Å². The molecular weight excluding hydrogens is 340 g/mol. The second-order valence-corrected chi connectivity index (χ2v) is 3.65. The van der Waals surface area contributed by atoms with Gasteiger partial charge in [0.25, 0.3) is 0 Å². The second kappa shape index (κ2) is 11.4. The fourth-order valence-corrected chi connectivity index (χ4v) is 1.03. The van der Waals surface area contributed by atoms with Crippen LogP contribution in [-0.2, 0) is 27.5 Å². The molecule has 1 radical (unpaired) electrons. The minimum Gasteiger partial charge on any atom is -0.759 e. The van der Waals surface area contributed by atoms with Crippen LogP contribution < -0.4 is 0 Å². The van der Waals surface area contributed by atoms with Crippen molar-refractivity contribution in [1.82, 2.24) is 9.97 Å². The Morgan fingerprint density at radius 1 is 0.800 bits per heavy atom. The Kier molecular flexibility index (Phi) is 13.5. The molecule has 0 spiro atoms. The molecular formula is C10H12CuN2O6S. The van der Waals surface area contributed by atoms with Crippen LogP contribution in [0.1, 0.15) is 0 Å². The minimum atomic E-state index is -5.17. The molecule has 2 heterocycles. The van der Waals surface area contributed by atoms with Gasteiger partial charge in [-0.25, -0.2) is 0 Å². The van der Waals surface area contributed by atoms with E-state index < -0.39 is 10.4 Å². The van der Waals surface area contributed by atoms with Gasteiger partial charge < -0.3 is 20.1 Å². The van der Waals surface area contributed by atoms with Gasteiger partial charge in [-0.05, 0) is 24.3 Å². The van der Waals surface area contributed by atoms with Gasteiger partial charge in [-0.1, -0.05) is 12.1 Å². The van der Waals surface area contributed by atoms with Gasteiger partial charge in [0.1, 0.15) is 0 Å². The summed E-state index contributed by atoms with van der Waals surface area (Å²) in [5, 5.41) is 0. The zero-order valence-corrected chi connectivity index (χ0v) is 11.6. The molecule has 2 rings (SSSR count). The Morgan fingerprint density at radius 2 is 1.10 bits per heavy atom. The summed E-state index contributed by atoms with van der Waals surface area (Å²) >= 11 is 0. The molecule has 2 aromatic heterocycles. The first-order valence-corrected chi connectivity index (χ1v) is 5.79. The number of aromatic nitrogens is 2. The Hall–Kier alpha value is -1.39. The zero-order chi connectivity index (χ0) is 12.7. The molecule has 0 aromatic carbocycles. The predicted octanol–water partition coefficient (Wildman–Crippen LogP) is -0.846. The molecule has 8 nitrogen and oxygen atoms in total. The van der Waals surface area contributed by atoms with Crippen molar-refractivity contribution in [2.24, 2.45) is 0 Å². The Bertz CT molecular complexity index is 507.